The van der Waals surface area contributed by atoms with Crippen molar-refractivity contribution in [3.63, 3.8) is 0 Å². The first-order valence-electron chi connectivity index (χ1n) is 11.1. The SMILES string of the molecule is CC1(F)[C@H](n2ccc(N)nc2=O)O[C@H](C(O)[Si](C)(C)C(C)(C)C)[C@]1(O)[Si](C)(C)C(C)(C)C. The number of ether oxygens (including phenoxy) is 1. The van der Waals surface area contributed by atoms with Gasteiger partial charge in [0.25, 0.3) is 0 Å². The summed E-state index contributed by atoms with van der Waals surface area (Å²) in [6.07, 6.45) is -1.32. The molecule has 0 aromatic carbocycles. The van der Waals surface area contributed by atoms with Crippen molar-refractivity contribution in [2.45, 2.75) is 114 Å². The number of aliphatic hydroxyl groups excluding tert-OH is 1. The third-order valence-electron chi connectivity index (χ3n) is 8.79. The number of aromatic nitrogens is 2. The van der Waals surface area contributed by atoms with Gasteiger partial charge in [-0.25, -0.2) is 9.18 Å². The standard InChI is InChI=1S/C22H42FN3O4Si2/c1-19(2,3)31(8,9)16(27)15-22(29,32(10,11)20(4,5)6)21(7,23)17(30-15)26-13-12-14(24)25-18(26)28/h12-13,15-17,27,29H,1-11H3,(H2,24,25,28)/t15-,16?,17-,21?,22+/m1/s1. The van der Waals surface area contributed by atoms with Crippen molar-refractivity contribution in [2.24, 2.45) is 0 Å². The Kier molecular flexibility index (Phi) is 6.56. The Labute approximate surface area is 193 Å². The van der Waals surface area contributed by atoms with E-state index in [2.05, 4.69) is 4.98 Å². The number of nitrogens with zero attached hydrogens (tertiary/aromatic N) is 2. The Morgan fingerprint density at radius 3 is 2.09 bits per heavy atom. The van der Waals surface area contributed by atoms with Crippen LogP contribution >= 0.6 is 0 Å². The van der Waals surface area contributed by atoms with E-state index in [-0.39, 0.29) is 10.9 Å². The summed E-state index contributed by atoms with van der Waals surface area (Å²) in [5.41, 5.74) is 1.41. The van der Waals surface area contributed by atoms with Crippen molar-refractivity contribution in [3.8, 4) is 0 Å². The van der Waals surface area contributed by atoms with Crippen LogP contribution in [-0.2, 0) is 4.74 Å². The lowest BCUT2D eigenvalue weighted by Crippen LogP contribution is -2.75. The first-order valence-corrected chi connectivity index (χ1v) is 17.2. The van der Waals surface area contributed by atoms with Crippen LogP contribution in [0.5, 0.6) is 0 Å². The molecule has 1 fully saturated rings. The summed E-state index contributed by atoms with van der Waals surface area (Å²) in [4.78, 5) is 16.3. The fourth-order valence-corrected chi connectivity index (χ4v) is 9.98. The third-order valence-corrected chi connectivity index (χ3v) is 20.9. The number of nitrogens with two attached hydrogens (primary N) is 1. The average molecular weight is 488 g/mol. The number of hydrogen-bond acceptors (Lipinski definition) is 6. The van der Waals surface area contributed by atoms with Gasteiger partial charge >= 0.3 is 5.69 Å². The highest BCUT2D eigenvalue weighted by molar-refractivity contribution is 6.84. The molecule has 4 N–H and O–H groups in total. The molecule has 1 aromatic heterocycles. The number of halogens is 1. The first kappa shape index (κ1) is 27.2. The predicted molar refractivity (Wildman–Crippen MR) is 132 cm³/mol. The van der Waals surface area contributed by atoms with E-state index in [1.165, 1.54) is 19.2 Å². The summed E-state index contributed by atoms with van der Waals surface area (Å²) < 4.78 is 24.2. The number of aliphatic hydroxyl groups is 2. The van der Waals surface area contributed by atoms with E-state index in [1.807, 2.05) is 67.7 Å². The Balaban J connectivity index is 2.82. The lowest BCUT2D eigenvalue weighted by atomic mass is 9.97. The molecule has 1 aliphatic rings. The molecular weight excluding hydrogens is 445 g/mol. The van der Waals surface area contributed by atoms with Crippen LogP contribution in [0, 0.1) is 0 Å². The molecule has 1 aliphatic heterocycles. The highest BCUT2D eigenvalue weighted by atomic mass is 28.3. The summed E-state index contributed by atoms with van der Waals surface area (Å²) in [6.45, 7) is 21.2. The summed E-state index contributed by atoms with van der Waals surface area (Å²) in [5.74, 6) is 0.0160. The van der Waals surface area contributed by atoms with Crippen LogP contribution < -0.4 is 11.4 Å². The molecule has 2 unspecified atom stereocenters. The van der Waals surface area contributed by atoms with Crippen LogP contribution in [0.2, 0.25) is 36.3 Å². The van der Waals surface area contributed by atoms with Gasteiger partial charge in [-0.15, -0.1) is 0 Å². The summed E-state index contributed by atoms with van der Waals surface area (Å²) in [6, 6.07) is 1.39. The average Bonchev–Trinajstić information content (AvgIpc) is 2.80. The van der Waals surface area contributed by atoms with Crippen LogP contribution in [0.1, 0.15) is 54.7 Å². The number of nitrogen functional groups attached to an aromatic ring is 1. The second-order valence-corrected chi connectivity index (χ2v) is 23.6. The molecule has 2 rings (SSSR count). The minimum absolute atomic E-state index is 0.0160. The van der Waals surface area contributed by atoms with Crippen molar-refractivity contribution < 1.29 is 19.3 Å². The molecule has 0 amide bonds. The van der Waals surface area contributed by atoms with E-state index in [0.29, 0.717) is 0 Å². The number of hydrogen-bond donors (Lipinski definition) is 3. The predicted octanol–water partition coefficient (Wildman–Crippen LogP) is 3.64. The van der Waals surface area contributed by atoms with Gasteiger partial charge in [-0.3, -0.25) is 4.57 Å². The van der Waals surface area contributed by atoms with E-state index in [0.717, 1.165) is 4.57 Å². The van der Waals surface area contributed by atoms with Gasteiger partial charge in [0.15, 0.2) is 11.9 Å². The van der Waals surface area contributed by atoms with E-state index < -0.39 is 55.8 Å². The minimum Gasteiger partial charge on any atom is -0.394 e. The zero-order valence-corrected chi connectivity index (χ0v) is 23.4. The van der Waals surface area contributed by atoms with Crippen LogP contribution in [0.4, 0.5) is 10.2 Å². The van der Waals surface area contributed by atoms with Gasteiger partial charge in [-0.2, -0.15) is 4.98 Å². The van der Waals surface area contributed by atoms with Gasteiger partial charge in [0.1, 0.15) is 17.1 Å². The Hall–Kier alpha value is -1.08. The van der Waals surface area contributed by atoms with Crippen LogP contribution in [-0.4, -0.2) is 58.6 Å². The lowest BCUT2D eigenvalue weighted by Gasteiger charge is -2.55. The van der Waals surface area contributed by atoms with Crippen LogP contribution in [0.3, 0.4) is 0 Å². The van der Waals surface area contributed by atoms with Gasteiger partial charge in [-0.05, 0) is 23.1 Å². The quantitative estimate of drug-likeness (QED) is 0.559. The molecule has 0 bridgehead atoms. The van der Waals surface area contributed by atoms with Gasteiger partial charge < -0.3 is 20.7 Å². The molecule has 0 spiro atoms. The normalized spacial score (nSPS) is 31.1. The van der Waals surface area contributed by atoms with Crippen LogP contribution in [0.15, 0.2) is 17.1 Å². The maximum absolute atomic E-state index is 17.0. The summed E-state index contributed by atoms with van der Waals surface area (Å²) >= 11 is 0. The van der Waals surface area contributed by atoms with E-state index in [4.69, 9.17) is 10.5 Å². The first-order chi connectivity index (χ1) is 14.0. The lowest BCUT2D eigenvalue weighted by molar-refractivity contribution is -0.0764. The van der Waals surface area contributed by atoms with Crippen LogP contribution in [0.25, 0.3) is 0 Å². The molecule has 0 saturated carbocycles. The molecule has 7 nitrogen and oxygen atoms in total. The van der Waals surface area contributed by atoms with Crippen molar-refractivity contribution in [3.05, 3.63) is 22.7 Å². The van der Waals surface area contributed by atoms with Crippen molar-refractivity contribution in [2.75, 3.05) is 5.73 Å². The maximum atomic E-state index is 17.0. The van der Waals surface area contributed by atoms with Crippen molar-refractivity contribution >= 4 is 22.0 Å². The molecule has 0 radical (unpaired) electrons. The van der Waals surface area contributed by atoms with Crippen molar-refractivity contribution in [1.82, 2.24) is 9.55 Å². The number of alkyl halides is 1. The number of anilines is 1. The van der Waals surface area contributed by atoms with Gasteiger partial charge in [0, 0.05) is 6.20 Å². The van der Waals surface area contributed by atoms with Gasteiger partial charge in [-0.1, -0.05) is 67.7 Å². The molecule has 1 aromatic rings. The largest absolute Gasteiger partial charge is 0.394 e. The molecular formula is C22H42FN3O4Si2. The molecule has 2 heterocycles. The highest BCUT2D eigenvalue weighted by Crippen LogP contribution is 2.59. The van der Waals surface area contributed by atoms with E-state index in [1.54, 1.807) is 0 Å². The topological polar surface area (TPSA) is 111 Å². The molecule has 32 heavy (non-hydrogen) atoms. The second-order valence-electron chi connectivity index (χ2n) is 12.6. The Bertz CT molecular complexity index is 921. The fourth-order valence-electron chi connectivity index (χ4n) is 4.43. The van der Waals surface area contributed by atoms with E-state index >= 15 is 4.39 Å². The number of rotatable bonds is 4. The van der Waals surface area contributed by atoms with Gasteiger partial charge in [0.05, 0.1) is 21.9 Å². The highest BCUT2D eigenvalue weighted by Gasteiger charge is 2.76. The molecule has 10 heteroatoms. The maximum Gasteiger partial charge on any atom is 0.351 e. The smallest absolute Gasteiger partial charge is 0.351 e. The molecule has 184 valence electrons. The zero-order chi connectivity index (χ0) is 25.3. The monoisotopic (exact) mass is 487 g/mol. The fraction of sp³-hybridized carbons (Fsp3) is 0.818. The van der Waals surface area contributed by atoms with E-state index in [9.17, 15) is 15.0 Å². The Morgan fingerprint density at radius 1 is 1.19 bits per heavy atom. The zero-order valence-electron chi connectivity index (χ0n) is 21.4. The molecule has 0 aliphatic carbocycles. The third kappa shape index (κ3) is 3.71. The Morgan fingerprint density at radius 2 is 1.69 bits per heavy atom. The summed E-state index contributed by atoms with van der Waals surface area (Å²) in [5, 5.41) is 21.4. The molecule has 1 saturated heterocycles. The molecule has 5 atom stereocenters. The second kappa shape index (κ2) is 7.73. The minimum atomic E-state index is -2.94. The van der Waals surface area contributed by atoms with Crippen molar-refractivity contribution in [1.29, 1.82) is 0 Å². The van der Waals surface area contributed by atoms with Gasteiger partial charge in [0.2, 0.25) is 0 Å². The summed E-state index contributed by atoms with van der Waals surface area (Å²) in [7, 11) is -5.45.